The number of H-pyrrole nitrogens is 1. The van der Waals surface area contributed by atoms with Gasteiger partial charge in [0.05, 0.1) is 6.54 Å². The standard InChI is InChI=1S/C22H17F5N4O5/c1-30-16-18(31(21(34)29-19(16)33)10-15(32)22(25,26)27)28-17(30)11-2-4-12(5-3-11)35-13-6-8-14(9-7-13)36-20(23)24/h2-9,15,20,32H,10H2,1H3,(H,29,33,34). The van der Waals surface area contributed by atoms with Gasteiger partial charge < -0.3 is 19.1 Å². The molecular formula is C22H17F5N4O5. The third kappa shape index (κ3) is 5.07. The maximum Gasteiger partial charge on any atom is 0.416 e. The van der Waals surface area contributed by atoms with E-state index < -0.39 is 36.7 Å². The monoisotopic (exact) mass is 512 g/mol. The number of aromatic nitrogens is 4. The fourth-order valence-corrected chi connectivity index (χ4v) is 3.45. The largest absolute Gasteiger partial charge is 0.457 e. The number of hydrogen-bond donors (Lipinski definition) is 2. The Morgan fingerprint density at radius 3 is 2.11 bits per heavy atom. The van der Waals surface area contributed by atoms with Crippen LogP contribution in [0.4, 0.5) is 22.0 Å². The van der Waals surface area contributed by atoms with Crippen LogP contribution in [-0.2, 0) is 13.6 Å². The quantitative estimate of drug-likeness (QED) is 0.367. The van der Waals surface area contributed by atoms with Gasteiger partial charge in [0.2, 0.25) is 0 Å². The molecule has 1 unspecified atom stereocenters. The number of rotatable bonds is 7. The van der Waals surface area contributed by atoms with E-state index in [1.807, 2.05) is 4.98 Å². The molecule has 1 atom stereocenters. The van der Waals surface area contributed by atoms with Crippen LogP contribution in [0.15, 0.2) is 58.1 Å². The maximum absolute atomic E-state index is 12.8. The molecule has 9 nitrogen and oxygen atoms in total. The summed E-state index contributed by atoms with van der Waals surface area (Å²) in [5.41, 5.74) is -2.04. The third-order valence-corrected chi connectivity index (χ3v) is 5.14. The lowest BCUT2D eigenvalue weighted by Gasteiger charge is -2.15. The van der Waals surface area contributed by atoms with E-state index in [0.29, 0.717) is 21.6 Å². The zero-order chi connectivity index (χ0) is 26.2. The van der Waals surface area contributed by atoms with Gasteiger partial charge in [0.1, 0.15) is 23.1 Å². The van der Waals surface area contributed by atoms with E-state index in [-0.39, 0.29) is 22.7 Å². The average Bonchev–Trinajstić information content (AvgIpc) is 3.15. The fourth-order valence-electron chi connectivity index (χ4n) is 3.45. The van der Waals surface area contributed by atoms with Gasteiger partial charge >= 0.3 is 18.5 Å². The summed E-state index contributed by atoms with van der Waals surface area (Å²) in [4.78, 5) is 30.7. The van der Waals surface area contributed by atoms with Crippen LogP contribution in [0, 0.1) is 0 Å². The second-order valence-electron chi connectivity index (χ2n) is 7.57. The van der Waals surface area contributed by atoms with E-state index in [1.165, 1.54) is 35.9 Å². The predicted molar refractivity (Wildman–Crippen MR) is 116 cm³/mol. The van der Waals surface area contributed by atoms with Crippen molar-refractivity contribution in [3.8, 4) is 28.6 Å². The third-order valence-electron chi connectivity index (χ3n) is 5.14. The highest BCUT2D eigenvalue weighted by atomic mass is 19.4. The summed E-state index contributed by atoms with van der Waals surface area (Å²) in [6.45, 7) is -4.10. The molecule has 0 aliphatic heterocycles. The molecule has 0 bridgehead atoms. The van der Waals surface area contributed by atoms with Crippen molar-refractivity contribution in [3.05, 3.63) is 69.4 Å². The first-order chi connectivity index (χ1) is 16.9. The number of hydrogen-bond acceptors (Lipinski definition) is 6. The van der Waals surface area contributed by atoms with Gasteiger partial charge in [-0.15, -0.1) is 0 Å². The average molecular weight is 512 g/mol. The lowest BCUT2D eigenvalue weighted by Crippen LogP contribution is -2.39. The van der Waals surface area contributed by atoms with Crippen molar-refractivity contribution in [2.75, 3.05) is 0 Å². The normalized spacial score (nSPS) is 12.8. The van der Waals surface area contributed by atoms with E-state index >= 15 is 0 Å². The number of aryl methyl sites for hydroxylation is 1. The second-order valence-corrected chi connectivity index (χ2v) is 7.57. The SMILES string of the molecule is Cn1c(-c2ccc(Oc3ccc(OC(F)F)cc3)cc2)nc2c1c(=O)[nH]c(=O)n2CC(O)C(F)(F)F. The van der Waals surface area contributed by atoms with Gasteiger partial charge in [-0.25, -0.2) is 9.78 Å². The second kappa shape index (κ2) is 9.45. The number of nitrogens with zero attached hydrogens (tertiary/aromatic N) is 3. The summed E-state index contributed by atoms with van der Waals surface area (Å²) in [7, 11) is 1.45. The van der Waals surface area contributed by atoms with Gasteiger partial charge in [0.15, 0.2) is 17.3 Å². The van der Waals surface area contributed by atoms with Crippen LogP contribution < -0.4 is 20.7 Å². The first-order valence-corrected chi connectivity index (χ1v) is 10.2. The minimum atomic E-state index is -4.98. The Hall–Kier alpha value is -4.20. The van der Waals surface area contributed by atoms with E-state index in [2.05, 4.69) is 9.72 Å². The van der Waals surface area contributed by atoms with E-state index in [0.717, 1.165) is 0 Å². The number of nitrogens with one attached hydrogen (secondary N) is 1. The zero-order valence-corrected chi connectivity index (χ0v) is 18.3. The molecule has 0 aliphatic rings. The van der Waals surface area contributed by atoms with E-state index in [9.17, 15) is 36.6 Å². The number of aromatic amines is 1. The van der Waals surface area contributed by atoms with Crippen LogP contribution in [0.3, 0.4) is 0 Å². The number of ether oxygens (including phenoxy) is 2. The fraction of sp³-hybridized carbons (Fsp3) is 0.227. The van der Waals surface area contributed by atoms with Crippen molar-refractivity contribution in [1.29, 1.82) is 0 Å². The summed E-state index contributed by atoms with van der Waals surface area (Å²) >= 11 is 0. The summed E-state index contributed by atoms with van der Waals surface area (Å²) in [6.07, 6.45) is -7.83. The van der Waals surface area contributed by atoms with Gasteiger partial charge in [-0.05, 0) is 48.5 Å². The number of alkyl halides is 5. The molecule has 0 fully saturated rings. The highest BCUT2D eigenvalue weighted by Crippen LogP contribution is 2.28. The van der Waals surface area contributed by atoms with Crippen molar-refractivity contribution < 1.29 is 36.5 Å². The first-order valence-electron chi connectivity index (χ1n) is 10.2. The molecular weight excluding hydrogens is 495 g/mol. The minimum Gasteiger partial charge on any atom is -0.457 e. The molecule has 0 saturated heterocycles. The van der Waals surface area contributed by atoms with Crippen molar-refractivity contribution in [1.82, 2.24) is 19.1 Å². The number of benzene rings is 2. The van der Waals surface area contributed by atoms with Crippen molar-refractivity contribution in [3.63, 3.8) is 0 Å². The maximum atomic E-state index is 12.8. The number of imidazole rings is 1. The molecule has 36 heavy (non-hydrogen) atoms. The lowest BCUT2D eigenvalue weighted by molar-refractivity contribution is -0.207. The topological polar surface area (TPSA) is 111 Å². The Labute approximate surface area is 198 Å². The summed E-state index contributed by atoms with van der Waals surface area (Å²) in [6, 6.07) is 11.7. The van der Waals surface area contributed by atoms with E-state index in [1.54, 1.807) is 24.3 Å². The predicted octanol–water partition coefficient (Wildman–Crippen LogP) is 3.41. The highest BCUT2D eigenvalue weighted by Gasteiger charge is 2.39. The highest BCUT2D eigenvalue weighted by molar-refractivity contribution is 5.77. The molecule has 0 saturated carbocycles. The molecule has 2 N–H and O–H groups in total. The molecule has 2 aromatic carbocycles. The van der Waals surface area contributed by atoms with Gasteiger partial charge in [-0.3, -0.25) is 14.3 Å². The Bertz CT molecular complexity index is 1490. The van der Waals surface area contributed by atoms with Gasteiger partial charge in [0.25, 0.3) is 5.56 Å². The first kappa shape index (κ1) is 24.9. The van der Waals surface area contributed by atoms with Crippen molar-refractivity contribution in [2.24, 2.45) is 7.05 Å². The van der Waals surface area contributed by atoms with Crippen LogP contribution >= 0.6 is 0 Å². The molecule has 0 spiro atoms. The molecule has 190 valence electrons. The summed E-state index contributed by atoms with van der Waals surface area (Å²) in [5, 5.41) is 9.43. The van der Waals surface area contributed by atoms with E-state index in [4.69, 9.17) is 4.74 Å². The van der Waals surface area contributed by atoms with Gasteiger partial charge in [0, 0.05) is 12.6 Å². The number of halogens is 5. The van der Waals surface area contributed by atoms with Crippen LogP contribution in [0.2, 0.25) is 0 Å². The van der Waals surface area contributed by atoms with Crippen LogP contribution in [-0.4, -0.2) is 43.1 Å². The van der Waals surface area contributed by atoms with Crippen LogP contribution in [0.1, 0.15) is 0 Å². The molecule has 4 aromatic rings. The Morgan fingerprint density at radius 1 is 1.00 bits per heavy atom. The Balaban J connectivity index is 1.64. The molecule has 0 radical (unpaired) electrons. The molecule has 2 heterocycles. The van der Waals surface area contributed by atoms with Gasteiger partial charge in [-0.1, -0.05) is 0 Å². The number of aliphatic hydroxyl groups excluding tert-OH is 1. The van der Waals surface area contributed by atoms with Crippen molar-refractivity contribution >= 4 is 11.2 Å². The molecule has 2 aromatic heterocycles. The lowest BCUT2D eigenvalue weighted by atomic mass is 10.2. The molecule has 0 amide bonds. The number of aliphatic hydroxyl groups is 1. The number of fused-ring (bicyclic) bond motifs is 1. The smallest absolute Gasteiger partial charge is 0.416 e. The van der Waals surface area contributed by atoms with Gasteiger partial charge in [-0.2, -0.15) is 22.0 Å². The zero-order valence-electron chi connectivity index (χ0n) is 18.3. The molecule has 4 rings (SSSR count). The molecule has 0 aliphatic carbocycles. The Morgan fingerprint density at radius 2 is 1.56 bits per heavy atom. The van der Waals surface area contributed by atoms with Crippen molar-refractivity contribution in [2.45, 2.75) is 25.4 Å². The summed E-state index contributed by atoms with van der Waals surface area (Å²) in [5.74, 6) is 0.830. The molecule has 14 heteroatoms. The Kier molecular flexibility index (Phi) is 6.54. The van der Waals surface area contributed by atoms with Crippen LogP contribution in [0.5, 0.6) is 17.2 Å². The van der Waals surface area contributed by atoms with Crippen LogP contribution in [0.25, 0.3) is 22.6 Å². The summed E-state index contributed by atoms with van der Waals surface area (Å²) < 4.78 is 74.8. The minimum absolute atomic E-state index is 0.0363.